The van der Waals surface area contributed by atoms with E-state index in [-0.39, 0.29) is 0 Å². The van der Waals surface area contributed by atoms with E-state index < -0.39 is 0 Å². The van der Waals surface area contributed by atoms with Gasteiger partial charge in [-0.1, -0.05) is 52.9 Å². The molecule has 0 radical (unpaired) electrons. The first kappa shape index (κ1) is 17.2. The molecule has 0 aliphatic rings. The average molecular weight is 279 g/mol. The normalized spacial score (nSPS) is 11.2. The zero-order chi connectivity index (χ0) is 14.8. The topological polar surface area (TPSA) is 29.9 Å². The monoisotopic (exact) mass is 279 g/mol. The van der Waals surface area contributed by atoms with E-state index in [0.717, 1.165) is 25.9 Å². The van der Waals surface area contributed by atoms with E-state index in [4.69, 9.17) is 5.10 Å². The van der Waals surface area contributed by atoms with Crippen LogP contribution in [0, 0.1) is 0 Å². The molecule has 0 aliphatic carbocycles. The molecule has 20 heavy (non-hydrogen) atoms. The molecule has 1 N–H and O–H groups in total. The second kappa shape index (κ2) is 9.98. The van der Waals surface area contributed by atoms with Crippen LogP contribution in [0.15, 0.2) is 0 Å². The van der Waals surface area contributed by atoms with Crippen LogP contribution >= 0.6 is 0 Å². The molecule has 1 aromatic heterocycles. The van der Waals surface area contributed by atoms with E-state index in [0.29, 0.717) is 0 Å². The maximum atomic E-state index is 4.83. The molecule has 116 valence electrons. The summed E-state index contributed by atoms with van der Waals surface area (Å²) in [7, 11) is 2.02. The van der Waals surface area contributed by atoms with Gasteiger partial charge in [0.15, 0.2) is 0 Å². The highest BCUT2D eigenvalue weighted by Gasteiger charge is 2.14. The fraction of sp³-hybridized carbons (Fsp3) is 0.824. The average Bonchev–Trinajstić information content (AvgIpc) is 2.80. The van der Waals surface area contributed by atoms with Gasteiger partial charge in [0.05, 0.1) is 5.69 Å². The van der Waals surface area contributed by atoms with Gasteiger partial charge in [-0.05, 0) is 26.3 Å². The van der Waals surface area contributed by atoms with Crippen LogP contribution in [0.4, 0.5) is 0 Å². The van der Waals surface area contributed by atoms with Gasteiger partial charge >= 0.3 is 0 Å². The maximum absolute atomic E-state index is 4.83. The highest BCUT2D eigenvalue weighted by molar-refractivity contribution is 5.26. The summed E-state index contributed by atoms with van der Waals surface area (Å²) in [5.41, 5.74) is 4.15. The predicted octanol–water partition coefficient (Wildman–Crippen LogP) is 4.09. The minimum absolute atomic E-state index is 0.947. The summed E-state index contributed by atoms with van der Waals surface area (Å²) in [6, 6.07) is 0. The van der Waals surface area contributed by atoms with Crippen molar-refractivity contribution in [3.63, 3.8) is 0 Å². The van der Waals surface area contributed by atoms with Crippen molar-refractivity contribution in [2.45, 2.75) is 85.2 Å². The van der Waals surface area contributed by atoms with Crippen LogP contribution in [0.2, 0.25) is 0 Å². The van der Waals surface area contributed by atoms with E-state index in [2.05, 4.69) is 30.8 Å². The fourth-order valence-electron chi connectivity index (χ4n) is 2.88. The van der Waals surface area contributed by atoms with E-state index in [1.807, 2.05) is 7.05 Å². The number of aromatic nitrogens is 2. The van der Waals surface area contributed by atoms with Crippen molar-refractivity contribution >= 4 is 0 Å². The van der Waals surface area contributed by atoms with Crippen molar-refractivity contribution < 1.29 is 0 Å². The lowest BCUT2D eigenvalue weighted by Crippen LogP contribution is -2.10. The second-order valence-electron chi connectivity index (χ2n) is 5.60. The number of unbranched alkanes of at least 4 members (excludes halogenated alkanes) is 5. The molecule has 0 amide bonds. The Kier molecular flexibility index (Phi) is 8.59. The van der Waals surface area contributed by atoms with E-state index >= 15 is 0 Å². The molecule has 0 fully saturated rings. The summed E-state index contributed by atoms with van der Waals surface area (Å²) in [5.74, 6) is 0. The van der Waals surface area contributed by atoms with Crippen molar-refractivity contribution in [1.29, 1.82) is 0 Å². The molecule has 0 saturated carbocycles. The van der Waals surface area contributed by atoms with Gasteiger partial charge in [0.2, 0.25) is 0 Å². The molecule has 3 nitrogen and oxygen atoms in total. The molecule has 0 aromatic carbocycles. The number of hydrogen-bond donors (Lipinski definition) is 1. The smallest absolute Gasteiger partial charge is 0.0669 e. The second-order valence-corrected chi connectivity index (χ2v) is 5.60. The molecular formula is C17H33N3. The zero-order valence-corrected chi connectivity index (χ0v) is 14.0. The summed E-state index contributed by atoms with van der Waals surface area (Å²) in [6.07, 6.45) is 10.2. The van der Waals surface area contributed by atoms with Crippen molar-refractivity contribution in [1.82, 2.24) is 15.1 Å². The molecular weight excluding hydrogens is 246 g/mol. The van der Waals surface area contributed by atoms with Crippen LogP contribution < -0.4 is 5.32 Å². The summed E-state index contributed by atoms with van der Waals surface area (Å²) in [6.45, 7) is 8.76. The van der Waals surface area contributed by atoms with Crippen molar-refractivity contribution in [3.8, 4) is 0 Å². The molecule has 0 spiro atoms. The minimum atomic E-state index is 0.947. The molecule has 1 heterocycles. The van der Waals surface area contributed by atoms with Gasteiger partial charge in [0.25, 0.3) is 0 Å². The van der Waals surface area contributed by atoms with Gasteiger partial charge in [-0.3, -0.25) is 4.68 Å². The summed E-state index contributed by atoms with van der Waals surface area (Å²) >= 11 is 0. The van der Waals surface area contributed by atoms with Gasteiger partial charge in [0, 0.05) is 24.3 Å². The summed E-state index contributed by atoms with van der Waals surface area (Å²) in [5, 5.41) is 8.11. The third-order valence-corrected chi connectivity index (χ3v) is 4.00. The molecule has 3 heteroatoms. The molecule has 0 atom stereocenters. The van der Waals surface area contributed by atoms with Crippen LogP contribution in [-0.4, -0.2) is 16.8 Å². The van der Waals surface area contributed by atoms with Gasteiger partial charge < -0.3 is 5.32 Å². The van der Waals surface area contributed by atoms with Crippen LogP contribution in [0.25, 0.3) is 0 Å². The number of aryl methyl sites for hydroxylation is 2. The number of hydrogen-bond acceptors (Lipinski definition) is 2. The zero-order valence-electron chi connectivity index (χ0n) is 14.0. The maximum Gasteiger partial charge on any atom is 0.0669 e. The molecule has 0 unspecified atom stereocenters. The highest BCUT2D eigenvalue weighted by atomic mass is 15.3. The first-order valence-corrected chi connectivity index (χ1v) is 8.50. The lowest BCUT2D eigenvalue weighted by molar-refractivity contribution is 0.511. The quantitative estimate of drug-likeness (QED) is 0.618. The standard InChI is InChI=1S/C17H33N3/c1-5-8-9-10-11-12-13-20-17(7-3)15(14-18-4)16(6-2)19-20/h18H,5-14H2,1-4H3. The first-order valence-electron chi connectivity index (χ1n) is 8.50. The largest absolute Gasteiger partial charge is 0.316 e. The Morgan fingerprint density at radius 3 is 2.25 bits per heavy atom. The van der Waals surface area contributed by atoms with E-state index in [1.165, 1.54) is 55.5 Å². The van der Waals surface area contributed by atoms with Crippen molar-refractivity contribution in [3.05, 3.63) is 17.0 Å². The predicted molar refractivity (Wildman–Crippen MR) is 87.1 cm³/mol. The Hall–Kier alpha value is -0.830. The summed E-state index contributed by atoms with van der Waals surface area (Å²) < 4.78 is 2.27. The third kappa shape index (κ3) is 4.93. The first-order chi connectivity index (χ1) is 9.78. The molecule has 0 aliphatic heterocycles. The van der Waals surface area contributed by atoms with Gasteiger partial charge in [-0.2, -0.15) is 5.10 Å². The van der Waals surface area contributed by atoms with Gasteiger partial charge in [-0.25, -0.2) is 0 Å². The van der Waals surface area contributed by atoms with Crippen LogP contribution in [0.3, 0.4) is 0 Å². The van der Waals surface area contributed by atoms with Gasteiger partial charge in [0.1, 0.15) is 0 Å². The number of nitrogens with zero attached hydrogens (tertiary/aromatic N) is 2. The Morgan fingerprint density at radius 1 is 0.950 bits per heavy atom. The molecule has 0 saturated heterocycles. The Labute approximate surface area is 125 Å². The fourth-order valence-corrected chi connectivity index (χ4v) is 2.88. The van der Waals surface area contributed by atoms with Crippen LogP contribution in [-0.2, 0) is 25.9 Å². The number of rotatable bonds is 11. The molecule has 1 aromatic rings. The molecule has 0 bridgehead atoms. The minimum Gasteiger partial charge on any atom is -0.316 e. The number of nitrogens with one attached hydrogen (secondary N) is 1. The Bertz CT molecular complexity index is 369. The Morgan fingerprint density at radius 2 is 1.65 bits per heavy atom. The van der Waals surface area contributed by atoms with Crippen molar-refractivity contribution in [2.24, 2.45) is 0 Å². The van der Waals surface area contributed by atoms with Crippen molar-refractivity contribution in [2.75, 3.05) is 7.05 Å². The van der Waals surface area contributed by atoms with E-state index in [9.17, 15) is 0 Å². The lowest BCUT2D eigenvalue weighted by Gasteiger charge is -2.08. The summed E-state index contributed by atoms with van der Waals surface area (Å²) in [4.78, 5) is 0. The lowest BCUT2D eigenvalue weighted by atomic mass is 10.1. The van der Waals surface area contributed by atoms with Gasteiger partial charge in [-0.15, -0.1) is 0 Å². The SMILES string of the molecule is CCCCCCCCn1nc(CC)c(CNC)c1CC. The van der Waals surface area contributed by atoms with Crippen LogP contribution in [0.5, 0.6) is 0 Å². The Balaban J connectivity index is 2.56. The van der Waals surface area contributed by atoms with E-state index in [1.54, 1.807) is 0 Å². The molecule has 1 rings (SSSR count). The highest BCUT2D eigenvalue weighted by Crippen LogP contribution is 2.17. The third-order valence-electron chi connectivity index (χ3n) is 4.00. The van der Waals surface area contributed by atoms with Crippen LogP contribution in [0.1, 0.15) is 76.2 Å².